The first kappa shape index (κ1) is 16.3. The zero-order valence-electron chi connectivity index (χ0n) is 11.9. The Labute approximate surface area is 136 Å². The highest BCUT2D eigenvalue weighted by atomic mass is 35.5. The molecular weight excluding hydrogens is 328 g/mol. The molecule has 22 heavy (non-hydrogen) atoms. The smallest absolute Gasteiger partial charge is 0.339 e. The number of benzene rings is 1. The number of hydrogen-bond acceptors (Lipinski definition) is 6. The molecule has 0 saturated carbocycles. The third-order valence-corrected chi connectivity index (χ3v) is 4.02. The van der Waals surface area contributed by atoms with Crippen LogP contribution in [0.2, 0.25) is 5.02 Å². The van der Waals surface area contributed by atoms with Crippen LogP contribution in [-0.2, 0) is 16.6 Å². The molecule has 0 spiro atoms. The van der Waals surface area contributed by atoms with Crippen molar-refractivity contribution in [2.75, 3.05) is 18.2 Å². The van der Waals surface area contributed by atoms with E-state index in [1.807, 2.05) is 0 Å². The van der Waals surface area contributed by atoms with E-state index in [1.165, 1.54) is 31.0 Å². The topological polar surface area (TPSA) is 86.1 Å². The van der Waals surface area contributed by atoms with Crippen molar-refractivity contribution in [2.24, 2.45) is 7.05 Å². The lowest BCUT2D eigenvalue weighted by atomic mass is 10.2. The second-order valence-electron chi connectivity index (χ2n) is 4.25. The van der Waals surface area contributed by atoms with Gasteiger partial charge in [-0.3, -0.25) is 4.79 Å². The van der Waals surface area contributed by atoms with Crippen LogP contribution in [0.3, 0.4) is 0 Å². The summed E-state index contributed by atoms with van der Waals surface area (Å²) in [6.07, 6.45) is 1.56. The minimum atomic E-state index is -0.561. The van der Waals surface area contributed by atoms with Crippen molar-refractivity contribution < 1.29 is 14.3 Å². The summed E-state index contributed by atoms with van der Waals surface area (Å²) in [5.41, 5.74) is 0.663. The molecule has 1 amide bonds. The second kappa shape index (κ2) is 7.28. The quantitative estimate of drug-likeness (QED) is 0.661. The molecule has 1 N–H and O–H groups in total. The Bertz CT molecular complexity index is 704. The minimum Gasteiger partial charge on any atom is -0.465 e. The normalized spacial score (nSPS) is 10.3. The number of nitrogens with one attached hydrogen (secondary N) is 1. The predicted octanol–water partition coefficient (Wildman–Crippen LogP) is 1.99. The number of ether oxygens (including phenoxy) is 1. The molecule has 2 aromatic rings. The number of methoxy groups -OCH3 is 1. The Hall–Kier alpha value is -2.06. The molecule has 0 radical (unpaired) electrons. The fourth-order valence-electron chi connectivity index (χ4n) is 1.60. The van der Waals surface area contributed by atoms with Gasteiger partial charge in [0.05, 0.1) is 23.4 Å². The summed E-state index contributed by atoms with van der Waals surface area (Å²) in [5.74, 6) is -0.622. The Morgan fingerprint density at radius 3 is 2.86 bits per heavy atom. The maximum absolute atomic E-state index is 11.9. The largest absolute Gasteiger partial charge is 0.465 e. The highest BCUT2D eigenvalue weighted by molar-refractivity contribution is 7.99. The molecule has 0 fully saturated rings. The maximum atomic E-state index is 11.9. The van der Waals surface area contributed by atoms with Crippen LogP contribution in [0.1, 0.15) is 10.4 Å². The number of anilines is 1. The fourth-order valence-corrected chi connectivity index (χ4v) is 2.48. The van der Waals surface area contributed by atoms with E-state index in [1.54, 1.807) is 24.0 Å². The van der Waals surface area contributed by atoms with Crippen LogP contribution < -0.4 is 5.32 Å². The third-order valence-electron chi connectivity index (χ3n) is 2.66. The average Bonchev–Trinajstić information content (AvgIpc) is 2.91. The van der Waals surface area contributed by atoms with Crippen LogP contribution in [0.4, 0.5) is 5.69 Å². The number of nitrogens with zero attached hydrogens (tertiary/aromatic N) is 3. The first-order valence-electron chi connectivity index (χ1n) is 6.15. The summed E-state index contributed by atoms with van der Waals surface area (Å²) in [7, 11) is 3.06. The molecule has 0 aliphatic carbocycles. The van der Waals surface area contributed by atoms with Crippen LogP contribution in [0, 0.1) is 0 Å². The van der Waals surface area contributed by atoms with Crippen LogP contribution in [0.5, 0.6) is 0 Å². The number of carbonyl (C=O) groups is 2. The van der Waals surface area contributed by atoms with Crippen molar-refractivity contribution in [2.45, 2.75) is 5.16 Å². The first-order chi connectivity index (χ1) is 10.5. The molecule has 1 aromatic carbocycles. The molecule has 0 bridgehead atoms. The molecule has 1 aromatic heterocycles. The summed E-state index contributed by atoms with van der Waals surface area (Å²) in [5, 5.41) is 11.2. The van der Waals surface area contributed by atoms with Gasteiger partial charge in [-0.1, -0.05) is 23.4 Å². The lowest BCUT2D eigenvalue weighted by Crippen LogP contribution is -2.15. The van der Waals surface area contributed by atoms with Gasteiger partial charge in [-0.25, -0.2) is 4.79 Å². The molecule has 0 aliphatic heterocycles. The molecular formula is C13H13ClN4O3S. The summed E-state index contributed by atoms with van der Waals surface area (Å²) in [6.45, 7) is 0. The minimum absolute atomic E-state index is 0.169. The van der Waals surface area contributed by atoms with E-state index in [2.05, 4.69) is 20.3 Å². The third kappa shape index (κ3) is 3.99. The van der Waals surface area contributed by atoms with Gasteiger partial charge in [-0.15, -0.1) is 10.2 Å². The van der Waals surface area contributed by atoms with Gasteiger partial charge in [0, 0.05) is 12.7 Å². The Morgan fingerprint density at radius 1 is 1.45 bits per heavy atom. The molecule has 0 atom stereocenters. The summed E-state index contributed by atoms with van der Waals surface area (Å²) in [6, 6.07) is 4.61. The number of aromatic nitrogens is 3. The van der Waals surface area contributed by atoms with Crippen LogP contribution in [0.15, 0.2) is 29.7 Å². The Kier molecular flexibility index (Phi) is 5.40. The van der Waals surface area contributed by atoms with Gasteiger partial charge < -0.3 is 14.6 Å². The first-order valence-corrected chi connectivity index (χ1v) is 7.52. The highest BCUT2D eigenvalue weighted by Gasteiger charge is 2.13. The summed E-state index contributed by atoms with van der Waals surface area (Å²) < 4.78 is 6.35. The number of carbonyl (C=O) groups excluding carboxylic acids is 2. The molecule has 7 nitrogen and oxygen atoms in total. The lowest BCUT2D eigenvalue weighted by Gasteiger charge is -2.08. The van der Waals surface area contributed by atoms with Crippen LogP contribution >= 0.6 is 23.4 Å². The van der Waals surface area contributed by atoms with Crippen molar-refractivity contribution in [3.8, 4) is 0 Å². The number of thioether (sulfide) groups is 1. The number of aryl methyl sites for hydroxylation is 1. The molecule has 0 saturated heterocycles. The highest BCUT2D eigenvalue weighted by Crippen LogP contribution is 2.22. The van der Waals surface area contributed by atoms with Gasteiger partial charge in [-0.2, -0.15) is 0 Å². The van der Waals surface area contributed by atoms with Crippen molar-refractivity contribution in [3.63, 3.8) is 0 Å². The van der Waals surface area contributed by atoms with E-state index in [4.69, 9.17) is 11.6 Å². The van der Waals surface area contributed by atoms with Crippen molar-refractivity contribution in [3.05, 3.63) is 35.1 Å². The number of esters is 1. The SMILES string of the molecule is COC(=O)c1cc(NC(=O)CSc2nncn2C)ccc1Cl. The van der Waals surface area contributed by atoms with E-state index in [0.717, 1.165) is 0 Å². The summed E-state index contributed by atoms with van der Waals surface area (Å²) in [4.78, 5) is 23.5. The van der Waals surface area contributed by atoms with E-state index in [9.17, 15) is 9.59 Å². The van der Waals surface area contributed by atoms with Crippen LogP contribution in [-0.4, -0.2) is 39.5 Å². The monoisotopic (exact) mass is 340 g/mol. The van der Waals surface area contributed by atoms with E-state index in [-0.39, 0.29) is 22.2 Å². The van der Waals surface area contributed by atoms with Gasteiger partial charge in [0.2, 0.25) is 5.91 Å². The Morgan fingerprint density at radius 2 is 2.23 bits per heavy atom. The van der Waals surface area contributed by atoms with E-state index in [0.29, 0.717) is 10.8 Å². The zero-order valence-corrected chi connectivity index (χ0v) is 13.4. The fraction of sp³-hybridized carbons (Fsp3) is 0.231. The lowest BCUT2D eigenvalue weighted by molar-refractivity contribution is -0.113. The van der Waals surface area contributed by atoms with Crippen molar-refractivity contribution >= 4 is 40.9 Å². The van der Waals surface area contributed by atoms with Gasteiger partial charge in [-0.05, 0) is 18.2 Å². The average molecular weight is 341 g/mol. The number of hydrogen-bond donors (Lipinski definition) is 1. The number of rotatable bonds is 5. The molecule has 116 valence electrons. The molecule has 0 aliphatic rings. The van der Waals surface area contributed by atoms with Crippen molar-refractivity contribution in [1.29, 1.82) is 0 Å². The van der Waals surface area contributed by atoms with Crippen molar-refractivity contribution in [1.82, 2.24) is 14.8 Å². The van der Waals surface area contributed by atoms with Gasteiger partial charge in [0.15, 0.2) is 5.16 Å². The second-order valence-corrected chi connectivity index (χ2v) is 5.60. The predicted molar refractivity (Wildman–Crippen MR) is 83.1 cm³/mol. The number of amides is 1. The van der Waals surface area contributed by atoms with E-state index >= 15 is 0 Å². The zero-order chi connectivity index (χ0) is 16.1. The molecule has 0 unspecified atom stereocenters. The van der Waals surface area contributed by atoms with Crippen LogP contribution in [0.25, 0.3) is 0 Å². The van der Waals surface area contributed by atoms with Gasteiger partial charge in [0.1, 0.15) is 6.33 Å². The van der Waals surface area contributed by atoms with Gasteiger partial charge >= 0.3 is 5.97 Å². The number of halogens is 1. The molecule has 9 heteroatoms. The van der Waals surface area contributed by atoms with E-state index < -0.39 is 5.97 Å². The molecule has 2 rings (SSSR count). The molecule has 1 heterocycles. The Balaban J connectivity index is 1.99. The summed E-state index contributed by atoms with van der Waals surface area (Å²) >= 11 is 7.18. The maximum Gasteiger partial charge on any atom is 0.339 e. The standard InChI is InChI=1S/C13H13ClN4O3S/c1-18-7-15-17-13(18)22-6-11(19)16-8-3-4-10(14)9(5-8)12(20)21-2/h3-5,7H,6H2,1-2H3,(H,16,19). The van der Waals surface area contributed by atoms with Gasteiger partial charge in [0.25, 0.3) is 0 Å².